The summed E-state index contributed by atoms with van der Waals surface area (Å²) < 4.78 is 0. The molecule has 0 spiro atoms. The van der Waals surface area contributed by atoms with Crippen LogP contribution in [0.25, 0.3) is 0 Å². The minimum absolute atomic E-state index is 1.02. The number of benzene rings is 1. The standard InChI is InChI=1S/C13H19N/c1-4-5-6-7-14-13-9-11(2)8-12(3)10-13/h4,8-10,14H,1,5-7H2,2-3H3. The van der Waals surface area contributed by atoms with Gasteiger partial charge in [0.15, 0.2) is 0 Å². The van der Waals surface area contributed by atoms with Gasteiger partial charge in [0.1, 0.15) is 0 Å². The largest absolute Gasteiger partial charge is 0.385 e. The molecule has 0 saturated carbocycles. The maximum atomic E-state index is 3.71. The molecule has 1 aromatic rings. The normalized spacial score (nSPS) is 9.86. The van der Waals surface area contributed by atoms with Gasteiger partial charge >= 0.3 is 0 Å². The van der Waals surface area contributed by atoms with E-state index in [1.54, 1.807) is 0 Å². The van der Waals surface area contributed by atoms with Crippen molar-refractivity contribution in [1.29, 1.82) is 0 Å². The molecule has 0 fully saturated rings. The quantitative estimate of drug-likeness (QED) is 0.550. The van der Waals surface area contributed by atoms with Crippen LogP contribution < -0.4 is 5.32 Å². The Morgan fingerprint density at radius 3 is 2.43 bits per heavy atom. The number of rotatable bonds is 5. The van der Waals surface area contributed by atoms with Crippen LogP contribution in [0.4, 0.5) is 5.69 Å². The van der Waals surface area contributed by atoms with Crippen molar-refractivity contribution in [2.75, 3.05) is 11.9 Å². The molecule has 0 amide bonds. The number of anilines is 1. The second-order valence-electron chi connectivity index (χ2n) is 3.73. The van der Waals surface area contributed by atoms with E-state index < -0.39 is 0 Å². The van der Waals surface area contributed by atoms with E-state index in [0.29, 0.717) is 0 Å². The van der Waals surface area contributed by atoms with E-state index in [-0.39, 0.29) is 0 Å². The van der Waals surface area contributed by atoms with Gasteiger partial charge in [0.25, 0.3) is 0 Å². The molecule has 1 aromatic carbocycles. The zero-order valence-electron chi connectivity index (χ0n) is 9.14. The smallest absolute Gasteiger partial charge is 0.0345 e. The van der Waals surface area contributed by atoms with Crippen LogP contribution in [0.15, 0.2) is 30.9 Å². The predicted molar refractivity (Wildman–Crippen MR) is 63.8 cm³/mol. The van der Waals surface area contributed by atoms with E-state index in [0.717, 1.165) is 19.4 Å². The topological polar surface area (TPSA) is 12.0 Å². The fraction of sp³-hybridized carbons (Fsp3) is 0.385. The number of hydrogen-bond acceptors (Lipinski definition) is 1. The van der Waals surface area contributed by atoms with E-state index >= 15 is 0 Å². The van der Waals surface area contributed by atoms with Crippen LogP contribution in [-0.4, -0.2) is 6.54 Å². The summed E-state index contributed by atoms with van der Waals surface area (Å²) in [5.74, 6) is 0. The van der Waals surface area contributed by atoms with Crippen molar-refractivity contribution in [3.8, 4) is 0 Å². The molecule has 0 saturated heterocycles. The van der Waals surface area contributed by atoms with Gasteiger partial charge in [0.2, 0.25) is 0 Å². The van der Waals surface area contributed by atoms with Gasteiger partial charge < -0.3 is 5.32 Å². The molecular weight excluding hydrogens is 170 g/mol. The monoisotopic (exact) mass is 189 g/mol. The van der Waals surface area contributed by atoms with Crippen molar-refractivity contribution < 1.29 is 0 Å². The summed E-state index contributed by atoms with van der Waals surface area (Å²) in [6.45, 7) is 8.98. The van der Waals surface area contributed by atoms with Crippen LogP contribution in [-0.2, 0) is 0 Å². The van der Waals surface area contributed by atoms with Crippen LogP contribution in [0, 0.1) is 13.8 Å². The van der Waals surface area contributed by atoms with Gasteiger partial charge in [-0.3, -0.25) is 0 Å². The molecule has 0 heterocycles. The molecule has 76 valence electrons. The highest BCUT2D eigenvalue weighted by atomic mass is 14.9. The Labute approximate surface area is 86.8 Å². The SMILES string of the molecule is C=CCCCNc1cc(C)cc(C)c1. The molecular formula is C13H19N. The highest BCUT2D eigenvalue weighted by molar-refractivity contribution is 5.48. The average Bonchev–Trinajstić information content (AvgIpc) is 2.11. The summed E-state index contributed by atoms with van der Waals surface area (Å²) in [5.41, 5.74) is 3.86. The predicted octanol–water partition coefficient (Wildman–Crippen LogP) is 3.68. The van der Waals surface area contributed by atoms with E-state index in [9.17, 15) is 0 Å². The van der Waals surface area contributed by atoms with E-state index in [1.165, 1.54) is 16.8 Å². The van der Waals surface area contributed by atoms with Gasteiger partial charge in [0.05, 0.1) is 0 Å². The van der Waals surface area contributed by atoms with E-state index in [2.05, 4.69) is 43.9 Å². The molecule has 1 nitrogen and oxygen atoms in total. The first-order valence-electron chi connectivity index (χ1n) is 5.15. The van der Waals surface area contributed by atoms with Crippen LogP contribution in [0.5, 0.6) is 0 Å². The minimum atomic E-state index is 1.02. The number of nitrogens with one attached hydrogen (secondary N) is 1. The highest BCUT2D eigenvalue weighted by Crippen LogP contribution is 2.13. The molecule has 0 aliphatic carbocycles. The van der Waals surface area contributed by atoms with Crippen molar-refractivity contribution in [2.24, 2.45) is 0 Å². The Balaban J connectivity index is 2.46. The summed E-state index contributed by atoms with van der Waals surface area (Å²) in [6.07, 6.45) is 4.19. The van der Waals surface area contributed by atoms with Crippen molar-refractivity contribution >= 4 is 5.69 Å². The zero-order chi connectivity index (χ0) is 10.4. The highest BCUT2D eigenvalue weighted by Gasteiger charge is 1.94. The third-order valence-electron chi connectivity index (χ3n) is 2.14. The molecule has 1 rings (SSSR count). The second-order valence-corrected chi connectivity index (χ2v) is 3.73. The van der Waals surface area contributed by atoms with E-state index in [1.807, 2.05) is 6.08 Å². The van der Waals surface area contributed by atoms with Gasteiger partial charge in [-0.1, -0.05) is 12.1 Å². The molecule has 0 atom stereocenters. The van der Waals surface area contributed by atoms with Crippen molar-refractivity contribution in [3.63, 3.8) is 0 Å². The lowest BCUT2D eigenvalue weighted by atomic mass is 10.1. The number of allylic oxidation sites excluding steroid dienone is 1. The Morgan fingerprint density at radius 2 is 1.86 bits per heavy atom. The fourth-order valence-electron chi connectivity index (χ4n) is 1.56. The Morgan fingerprint density at radius 1 is 1.21 bits per heavy atom. The van der Waals surface area contributed by atoms with Gasteiger partial charge in [-0.05, 0) is 49.9 Å². The summed E-state index contributed by atoms with van der Waals surface area (Å²) in [7, 11) is 0. The maximum absolute atomic E-state index is 3.71. The Kier molecular flexibility index (Phi) is 4.24. The number of aryl methyl sites for hydroxylation is 2. The molecule has 1 heteroatoms. The van der Waals surface area contributed by atoms with Crippen molar-refractivity contribution in [2.45, 2.75) is 26.7 Å². The summed E-state index contributed by atoms with van der Waals surface area (Å²) >= 11 is 0. The van der Waals surface area contributed by atoms with Crippen molar-refractivity contribution in [3.05, 3.63) is 42.0 Å². The Bertz CT molecular complexity index is 282. The molecule has 0 unspecified atom stereocenters. The maximum Gasteiger partial charge on any atom is 0.0345 e. The molecule has 0 bridgehead atoms. The molecule has 0 radical (unpaired) electrons. The van der Waals surface area contributed by atoms with Crippen LogP contribution in [0.2, 0.25) is 0 Å². The number of hydrogen-bond donors (Lipinski definition) is 1. The van der Waals surface area contributed by atoms with Crippen LogP contribution >= 0.6 is 0 Å². The zero-order valence-corrected chi connectivity index (χ0v) is 9.14. The van der Waals surface area contributed by atoms with Gasteiger partial charge in [-0.2, -0.15) is 0 Å². The average molecular weight is 189 g/mol. The Hall–Kier alpha value is -1.24. The summed E-state index contributed by atoms with van der Waals surface area (Å²) in [5, 5.41) is 3.41. The van der Waals surface area contributed by atoms with Gasteiger partial charge in [0, 0.05) is 12.2 Å². The van der Waals surface area contributed by atoms with Gasteiger partial charge in [-0.15, -0.1) is 6.58 Å². The summed E-state index contributed by atoms with van der Waals surface area (Å²) in [6, 6.07) is 6.55. The lowest BCUT2D eigenvalue weighted by Gasteiger charge is -2.07. The van der Waals surface area contributed by atoms with Gasteiger partial charge in [-0.25, -0.2) is 0 Å². The first-order chi connectivity index (χ1) is 6.72. The third kappa shape index (κ3) is 3.65. The first kappa shape index (κ1) is 10.8. The summed E-state index contributed by atoms with van der Waals surface area (Å²) in [4.78, 5) is 0. The fourth-order valence-corrected chi connectivity index (χ4v) is 1.56. The van der Waals surface area contributed by atoms with Crippen molar-refractivity contribution in [1.82, 2.24) is 0 Å². The van der Waals surface area contributed by atoms with Crippen LogP contribution in [0.3, 0.4) is 0 Å². The molecule has 0 aliphatic rings. The lowest BCUT2D eigenvalue weighted by molar-refractivity contribution is 0.890. The van der Waals surface area contributed by atoms with E-state index in [4.69, 9.17) is 0 Å². The minimum Gasteiger partial charge on any atom is -0.385 e. The third-order valence-corrected chi connectivity index (χ3v) is 2.14. The first-order valence-corrected chi connectivity index (χ1v) is 5.15. The number of unbranched alkanes of at least 4 members (excludes halogenated alkanes) is 1. The second kappa shape index (κ2) is 5.48. The van der Waals surface area contributed by atoms with Crippen LogP contribution in [0.1, 0.15) is 24.0 Å². The molecule has 0 aromatic heterocycles. The molecule has 14 heavy (non-hydrogen) atoms. The lowest BCUT2D eigenvalue weighted by Crippen LogP contribution is -2.01. The molecule has 1 N–H and O–H groups in total. The molecule has 0 aliphatic heterocycles.